The van der Waals surface area contributed by atoms with E-state index >= 15 is 0 Å². The molecule has 0 aliphatic carbocycles. The first-order valence-electron chi connectivity index (χ1n) is 9.41. The molecule has 1 aliphatic rings. The lowest BCUT2D eigenvalue weighted by atomic mass is 9.90. The maximum atomic E-state index is 12.4. The number of hydrogen-bond acceptors (Lipinski definition) is 5. The molecule has 0 radical (unpaired) electrons. The van der Waals surface area contributed by atoms with Crippen LogP contribution in [-0.4, -0.2) is 44.8 Å². The van der Waals surface area contributed by atoms with Gasteiger partial charge in [-0.05, 0) is 49.9 Å². The minimum Gasteiger partial charge on any atom is -0.481 e. The number of likely N-dealkylation sites (tertiary alicyclic amines) is 1. The summed E-state index contributed by atoms with van der Waals surface area (Å²) < 4.78 is 30.0. The van der Waals surface area contributed by atoms with E-state index < -0.39 is 15.1 Å². The second-order valence-corrected chi connectivity index (χ2v) is 9.58. The fraction of sp³-hybridized carbons (Fsp3) is 0.476. The molecule has 5 nitrogen and oxygen atoms in total. The fourth-order valence-electron chi connectivity index (χ4n) is 3.88. The van der Waals surface area contributed by atoms with Crippen LogP contribution in [0.1, 0.15) is 35.6 Å². The van der Waals surface area contributed by atoms with E-state index in [-0.39, 0.29) is 0 Å². The molecular weight excluding hydrogens is 360 g/mol. The van der Waals surface area contributed by atoms with E-state index in [1.807, 2.05) is 42.5 Å². The maximum absolute atomic E-state index is 12.4. The van der Waals surface area contributed by atoms with Gasteiger partial charge in [0.05, 0.1) is 12.4 Å². The van der Waals surface area contributed by atoms with E-state index in [1.54, 1.807) is 13.3 Å². The van der Waals surface area contributed by atoms with Crippen molar-refractivity contribution in [1.29, 1.82) is 0 Å². The van der Waals surface area contributed by atoms with E-state index in [2.05, 4.69) is 9.88 Å². The number of pyridine rings is 1. The molecule has 1 aliphatic heterocycles. The Morgan fingerprint density at radius 3 is 2.48 bits per heavy atom. The van der Waals surface area contributed by atoms with Crippen LogP contribution in [0, 0.1) is 5.92 Å². The highest BCUT2D eigenvalue weighted by Crippen LogP contribution is 2.33. The standard InChI is InChI=1S/C21H28N2O3S/c1-26-21-19(9-6-12-22-21)16-23-13-10-17(11-14-23)15-20(27(2,24)25)18-7-4-3-5-8-18/h3-9,12,17,20H,10-11,13-16H2,1-2H3. The number of aromatic nitrogens is 1. The molecule has 1 unspecified atom stereocenters. The summed E-state index contributed by atoms with van der Waals surface area (Å²) in [5.74, 6) is 1.11. The van der Waals surface area contributed by atoms with E-state index in [0.29, 0.717) is 18.2 Å². The van der Waals surface area contributed by atoms with Gasteiger partial charge in [-0.2, -0.15) is 0 Å². The number of ether oxygens (including phenoxy) is 1. The molecule has 6 heteroatoms. The number of hydrogen-bond donors (Lipinski definition) is 0. The Bertz CT molecular complexity index is 832. The first-order valence-corrected chi connectivity index (χ1v) is 11.4. The van der Waals surface area contributed by atoms with Gasteiger partial charge in [-0.25, -0.2) is 13.4 Å². The average Bonchev–Trinajstić information content (AvgIpc) is 2.67. The molecule has 27 heavy (non-hydrogen) atoms. The van der Waals surface area contributed by atoms with E-state index in [4.69, 9.17) is 4.74 Å². The van der Waals surface area contributed by atoms with Crippen LogP contribution in [0.15, 0.2) is 48.7 Å². The number of rotatable bonds is 7. The van der Waals surface area contributed by atoms with Crippen LogP contribution in [0.25, 0.3) is 0 Å². The zero-order valence-electron chi connectivity index (χ0n) is 16.0. The topological polar surface area (TPSA) is 59.5 Å². The van der Waals surface area contributed by atoms with Gasteiger partial charge in [-0.15, -0.1) is 0 Å². The lowest BCUT2D eigenvalue weighted by Crippen LogP contribution is -2.34. The molecule has 1 aromatic heterocycles. The number of methoxy groups -OCH3 is 1. The zero-order valence-corrected chi connectivity index (χ0v) is 16.9. The summed E-state index contributed by atoms with van der Waals surface area (Å²) in [5.41, 5.74) is 2.00. The van der Waals surface area contributed by atoms with E-state index in [9.17, 15) is 8.42 Å². The maximum Gasteiger partial charge on any atom is 0.217 e. The summed E-state index contributed by atoms with van der Waals surface area (Å²) in [6.07, 6.45) is 5.83. The Balaban J connectivity index is 1.60. The van der Waals surface area contributed by atoms with Gasteiger partial charge in [0.25, 0.3) is 0 Å². The van der Waals surface area contributed by atoms with Crippen molar-refractivity contribution in [3.63, 3.8) is 0 Å². The molecule has 146 valence electrons. The number of piperidine rings is 1. The minimum atomic E-state index is -3.13. The second-order valence-electron chi connectivity index (χ2n) is 7.36. The Kier molecular flexibility index (Phi) is 6.50. The predicted molar refractivity (Wildman–Crippen MR) is 107 cm³/mol. The van der Waals surface area contributed by atoms with Crippen LogP contribution in [0.5, 0.6) is 5.88 Å². The third-order valence-corrected chi connectivity index (χ3v) is 6.88. The molecule has 1 atom stereocenters. The Hall–Kier alpha value is -1.92. The summed E-state index contributed by atoms with van der Waals surface area (Å²) in [6, 6.07) is 13.6. The van der Waals surface area contributed by atoms with Gasteiger partial charge in [0, 0.05) is 24.6 Å². The van der Waals surface area contributed by atoms with E-state index in [1.165, 1.54) is 6.26 Å². The molecule has 1 saturated heterocycles. The van der Waals surface area contributed by atoms with Crippen molar-refractivity contribution >= 4 is 9.84 Å². The van der Waals surface area contributed by atoms with Gasteiger partial charge >= 0.3 is 0 Å². The lowest BCUT2D eigenvalue weighted by Gasteiger charge is -2.33. The molecular formula is C21H28N2O3S. The molecule has 0 saturated carbocycles. The molecule has 0 amide bonds. The molecule has 3 rings (SSSR count). The molecule has 1 aromatic carbocycles. The molecule has 2 heterocycles. The van der Waals surface area contributed by atoms with Crippen molar-refractivity contribution < 1.29 is 13.2 Å². The van der Waals surface area contributed by atoms with Gasteiger partial charge in [-0.3, -0.25) is 4.90 Å². The summed E-state index contributed by atoms with van der Waals surface area (Å²) in [4.78, 5) is 6.66. The number of sulfone groups is 1. The molecule has 2 aromatic rings. The molecule has 1 fully saturated rings. The van der Waals surface area contributed by atoms with Crippen LogP contribution < -0.4 is 4.74 Å². The average molecular weight is 389 g/mol. The van der Waals surface area contributed by atoms with E-state index in [0.717, 1.165) is 43.6 Å². The predicted octanol–water partition coefficient (Wildman–Crippen LogP) is 3.48. The van der Waals surface area contributed by atoms with Gasteiger partial charge in [0.1, 0.15) is 0 Å². The fourth-order valence-corrected chi connectivity index (χ4v) is 5.15. The van der Waals surface area contributed by atoms with Crippen molar-refractivity contribution in [2.75, 3.05) is 26.5 Å². The summed E-state index contributed by atoms with van der Waals surface area (Å²) in [5, 5.41) is -0.409. The summed E-state index contributed by atoms with van der Waals surface area (Å²) >= 11 is 0. The van der Waals surface area contributed by atoms with Crippen LogP contribution in [0.4, 0.5) is 0 Å². The highest BCUT2D eigenvalue weighted by Gasteiger charge is 2.29. The highest BCUT2D eigenvalue weighted by atomic mass is 32.2. The Labute approximate surface area is 162 Å². The normalized spacial score (nSPS) is 17.6. The van der Waals surface area contributed by atoms with Crippen LogP contribution in [0.2, 0.25) is 0 Å². The SMILES string of the molecule is COc1ncccc1CN1CCC(CC(c2ccccc2)S(C)(=O)=O)CC1. The van der Waals surface area contributed by atoms with Gasteiger partial charge < -0.3 is 4.74 Å². The second kappa shape index (κ2) is 8.85. The summed E-state index contributed by atoms with van der Waals surface area (Å²) in [7, 11) is -1.48. The van der Waals surface area contributed by atoms with Crippen molar-refractivity contribution in [1.82, 2.24) is 9.88 Å². The van der Waals surface area contributed by atoms with Crippen molar-refractivity contribution in [2.24, 2.45) is 5.92 Å². The van der Waals surface area contributed by atoms with Crippen LogP contribution in [-0.2, 0) is 16.4 Å². The van der Waals surface area contributed by atoms with Crippen molar-refractivity contribution in [3.05, 3.63) is 59.8 Å². The zero-order chi connectivity index (χ0) is 19.3. The number of benzene rings is 1. The first kappa shape index (κ1) is 19.8. The van der Waals surface area contributed by atoms with Gasteiger partial charge in [0.15, 0.2) is 9.84 Å². The Morgan fingerprint density at radius 1 is 1.15 bits per heavy atom. The van der Waals surface area contributed by atoms with Gasteiger partial charge in [-0.1, -0.05) is 36.4 Å². The van der Waals surface area contributed by atoms with Crippen LogP contribution in [0.3, 0.4) is 0 Å². The molecule has 0 spiro atoms. The highest BCUT2D eigenvalue weighted by molar-refractivity contribution is 7.90. The monoisotopic (exact) mass is 388 g/mol. The lowest BCUT2D eigenvalue weighted by molar-refractivity contribution is 0.169. The largest absolute Gasteiger partial charge is 0.481 e. The van der Waals surface area contributed by atoms with Crippen molar-refractivity contribution in [2.45, 2.75) is 31.1 Å². The van der Waals surface area contributed by atoms with Gasteiger partial charge in [0.2, 0.25) is 5.88 Å². The molecule has 0 bridgehead atoms. The first-order chi connectivity index (χ1) is 13.0. The third kappa shape index (κ3) is 5.30. The summed E-state index contributed by atoms with van der Waals surface area (Å²) in [6.45, 7) is 2.75. The third-order valence-electron chi connectivity index (χ3n) is 5.38. The smallest absolute Gasteiger partial charge is 0.217 e. The number of nitrogens with zero attached hydrogens (tertiary/aromatic N) is 2. The minimum absolute atomic E-state index is 0.409. The van der Waals surface area contributed by atoms with Crippen LogP contribution >= 0.6 is 0 Å². The van der Waals surface area contributed by atoms with Crippen molar-refractivity contribution in [3.8, 4) is 5.88 Å². The molecule has 0 N–H and O–H groups in total. The quantitative estimate of drug-likeness (QED) is 0.727. The Morgan fingerprint density at radius 2 is 1.85 bits per heavy atom.